The van der Waals surface area contributed by atoms with Crippen molar-refractivity contribution in [2.75, 3.05) is 33.2 Å². The lowest BCUT2D eigenvalue weighted by Gasteiger charge is -2.15. The summed E-state index contributed by atoms with van der Waals surface area (Å²) in [5, 5.41) is 7.10. The first-order valence-corrected chi connectivity index (χ1v) is 8.33. The molecule has 0 saturated carbocycles. The third kappa shape index (κ3) is 6.80. The number of hydrogen-bond donors (Lipinski definition) is 2. The van der Waals surface area contributed by atoms with E-state index in [4.69, 9.17) is 33.3 Å². The molecule has 1 rings (SSSR count). The third-order valence-electron chi connectivity index (χ3n) is 3.29. The fourth-order valence-electron chi connectivity index (χ4n) is 2.00. The Kier molecular flexibility index (Phi) is 9.26. The Balaban J connectivity index is 2.40. The normalized spacial score (nSPS) is 10.0. The van der Waals surface area contributed by atoms with Crippen LogP contribution in [0.4, 0.5) is 5.69 Å². The van der Waals surface area contributed by atoms with E-state index in [2.05, 4.69) is 15.4 Å². The highest BCUT2D eigenvalue weighted by Crippen LogP contribution is 2.35. The maximum absolute atomic E-state index is 11.0. The topological polar surface area (TPSA) is 68.8 Å². The Morgan fingerprint density at radius 2 is 1.83 bits per heavy atom. The van der Waals surface area contributed by atoms with Crippen molar-refractivity contribution >= 4 is 40.6 Å². The number of carbonyl (C=O) groups excluding carboxylic acids is 1. The second kappa shape index (κ2) is 10.9. The monoisotopic (exact) mass is 374 g/mol. The summed E-state index contributed by atoms with van der Waals surface area (Å²) in [6.45, 7) is 0.708. The third-order valence-corrected chi connectivity index (χ3v) is 3.83. The Morgan fingerprint density at radius 3 is 2.46 bits per heavy atom. The first kappa shape index (κ1) is 20.3. The number of methoxy groups -OCH3 is 3. The van der Waals surface area contributed by atoms with Gasteiger partial charge in [0.15, 0.2) is 5.11 Å². The van der Waals surface area contributed by atoms with Crippen molar-refractivity contribution in [2.45, 2.75) is 25.7 Å². The molecular formula is C16H23ClN2O4S. The summed E-state index contributed by atoms with van der Waals surface area (Å²) in [5.41, 5.74) is 0.659. The Bertz CT molecular complexity index is 569. The molecule has 0 aromatic heterocycles. The quantitative estimate of drug-likeness (QED) is 0.390. The molecule has 0 bridgehead atoms. The molecular weight excluding hydrogens is 352 g/mol. The van der Waals surface area contributed by atoms with E-state index in [-0.39, 0.29) is 5.97 Å². The molecule has 0 fully saturated rings. The molecule has 24 heavy (non-hydrogen) atoms. The van der Waals surface area contributed by atoms with Crippen molar-refractivity contribution in [2.24, 2.45) is 0 Å². The van der Waals surface area contributed by atoms with E-state index in [1.54, 1.807) is 26.4 Å². The predicted molar refractivity (Wildman–Crippen MR) is 99.3 cm³/mol. The summed E-state index contributed by atoms with van der Waals surface area (Å²) in [5.74, 6) is 0.936. The summed E-state index contributed by atoms with van der Waals surface area (Å²) in [4.78, 5) is 11.0. The van der Waals surface area contributed by atoms with Gasteiger partial charge in [0.05, 0.1) is 32.0 Å². The van der Waals surface area contributed by atoms with Crippen LogP contribution in [0.25, 0.3) is 0 Å². The smallest absolute Gasteiger partial charge is 0.305 e. The molecule has 0 aliphatic rings. The first-order valence-electron chi connectivity index (χ1n) is 7.55. The lowest BCUT2D eigenvalue weighted by molar-refractivity contribution is -0.140. The summed E-state index contributed by atoms with van der Waals surface area (Å²) in [7, 11) is 4.50. The van der Waals surface area contributed by atoms with Crippen LogP contribution in [0.15, 0.2) is 12.1 Å². The van der Waals surface area contributed by atoms with E-state index in [1.165, 1.54) is 7.11 Å². The minimum Gasteiger partial charge on any atom is -0.495 e. The van der Waals surface area contributed by atoms with Crippen LogP contribution in [-0.2, 0) is 9.53 Å². The number of benzene rings is 1. The number of unbranched alkanes of at least 4 members (excludes halogenated alkanes) is 2. The highest BCUT2D eigenvalue weighted by Gasteiger charge is 2.11. The van der Waals surface area contributed by atoms with Crippen LogP contribution in [0.2, 0.25) is 5.02 Å². The molecule has 0 spiro atoms. The fraction of sp³-hybridized carbons (Fsp3) is 0.500. The summed E-state index contributed by atoms with van der Waals surface area (Å²) in [6, 6.07) is 3.39. The highest BCUT2D eigenvalue weighted by atomic mass is 35.5. The zero-order chi connectivity index (χ0) is 17.9. The molecule has 6 nitrogen and oxygen atoms in total. The van der Waals surface area contributed by atoms with Crippen LogP contribution in [0.5, 0.6) is 11.5 Å². The molecule has 0 saturated heterocycles. The average molecular weight is 375 g/mol. The van der Waals surface area contributed by atoms with Gasteiger partial charge in [-0.25, -0.2) is 0 Å². The van der Waals surface area contributed by atoms with Crippen molar-refractivity contribution in [3.63, 3.8) is 0 Å². The molecule has 0 radical (unpaired) electrons. The summed E-state index contributed by atoms with van der Waals surface area (Å²) >= 11 is 11.4. The van der Waals surface area contributed by atoms with Gasteiger partial charge in [0, 0.05) is 19.0 Å². The molecule has 2 N–H and O–H groups in total. The summed E-state index contributed by atoms with van der Waals surface area (Å²) in [6.07, 6.45) is 3.07. The molecule has 0 aliphatic carbocycles. The molecule has 0 aliphatic heterocycles. The second-order valence-electron chi connectivity index (χ2n) is 4.95. The zero-order valence-corrected chi connectivity index (χ0v) is 15.7. The Labute approximate surface area is 152 Å². The van der Waals surface area contributed by atoms with Gasteiger partial charge in [0.1, 0.15) is 11.5 Å². The van der Waals surface area contributed by atoms with Crippen LogP contribution in [0.1, 0.15) is 25.7 Å². The van der Waals surface area contributed by atoms with E-state index in [0.717, 1.165) is 19.3 Å². The number of esters is 1. The van der Waals surface area contributed by atoms with Crippen molar-refractivity contribution in [3.05, 3.63) is 17.2 Å². The van der Waals surface area contributed by atoms with Gasteiger partial charge in [-0.1, -0.05) is 18.0 Å². The van der Waals surface area contributed by atoms with Crippen molar-refractivity contribution in [1.29, 1.82) is 0 Å². The fourth-order valence-corrected chi connectivity index (χ4v) is 2.45. The lowest BCUT2D eigenvalue weighted by atomic mass is 10.2. The number of anilines is 1. The van der Waals surface area contributed by atoms with Gasteiger partial charge in [-0.15, -0.1) is 0 Å². The van der Waals surface area contributed by atoms with Crippen LogP contribution >= 0.6 is 23.8 Å². The maximum Gasteiger partial charge on any atom is 0.305 e. The van der Waals surface area contributed by atoms with E-state index in [0.29, 0.717) is 40.3 Å². The molecule has 0 atom stereocenters. The highest BCUT2D eigenvalue weighted by molar-refractivity contribution is 7.80. The summed E-state index contributed by atoms with van der Waals surface area (Å²) < 4.78 is 15.0. The van der Waals surface area contributed by atoms with Gasteiger partial charge in [0.2, 0.25) is 0 Å². The minimum atomic E-state index is -0.177. The number of carbonyl (C=O) groups is 1. The van der Waals surface area contributed by atoms with E-state index in [9.17, 15) is 4.79 Å². The molecule has 0 heterocycles. The average Bonchev–Trinajstić information content (AvgIpc) is 2.57. The second-order valence-corrected chi connectivity index (χ2v) is 5.77. The standard InChI is InChI=1S/C16H23ClN2O4S/c1-21-13-10-14(22-2)12(9-11(13)17)19-16(24)18-8-6-4-5-7-15(20)23-3/h9-10H,4-8H2,1-3H3,(H2,18,19,24). The number of rotatable bonds is 9. The molecule has 1 aromatic rings. The van der Waals surface area contributed by atoms with Crippen molar-refractivity contribution in [3.8, 4) is 11.5 Å². The molecule has 1 aromatic carbocycles. The van der Waals surface area contributed by atoms with E-state index >= 15 is 0 Å². The predicted octanol–water partition coefficient (Wildman–Crippen LogP) is 3.38. The number of nitrogens with one attached hydrogen (secondary N) is 2. The van der Waals surface area contributed by atoms with Gasteiger partial charge in [-0.2, -0.15) is 0 Å². The van der Waals surface area contributed by atoms with Crippen LogP contribution in [-0.4, -0.2) is 39.0 Å². The maximum atomic E-state index is 11.0. The van der Waals surface area contributed by atoms with Crippen LogP contribution in [0.3, 0.4) is 0 Å². The first-order chi connectivity index (χ1) is 11.5. The van der Waals surface area contributed by atoms with Crippen molar-refractivity contribution < 1.29 is 19.0 Å². The SMILES string of the molecule is COC(=O)CCCCCNC(=S)Nc1cc(Cl)c(OC)cc1OC. The van der Waals surface area contributed by atoms with Gasteiger partial charge < -0.3 is 24.8 Å². The Morgan fingerprint density at radius 1 is 1.12 bits per heavy atom. The van der Waals surface area contributed by atoms with Gasteiger partial charge in [-0.05, 0) is 31.1 Å². The molecule has 134 valence electrons. The van der Waals surface area contributed by atoms with Crippen molar-refractivity contribution in [1.82, 2.24) is 5.32 Å². The Hall–Kier alpha value is -1.73. The lowest BCUT2D eigenvalue weighted by Crippen LogP contribution is -2.29. The van der Waals surface area contributed by atoms with Gasteiger partial charge >= 0.3 is 5.97 Å². The number of hydrogen-bond acceptors (Lipinski definition) is 5. The number of halogens is 1. The molecule has 0 unspecified atom stereocenters. The van der Waals surface area contributed by atoms with E-state index in [1.807, 2.05) is 0 Å². The number of ether oxygens (including phenoxy) is 3. The minimum absolute atomic E-state index is 0.177. The zero-order valence-electron chi connectivity index (χ0n) is 14.1. The van der Waals surface area contributed by atoms with E-state index < -0.39 is 0 Å². The van der Waals surface area contributed by atoms with Gasteiger partial charge in [0.25, 0.3) is 0 Å². The number of thiocarbonyl (C=S) groups is 1. The molecule has 0 amide bonds. The van der Waals surface area contributed by atoms with Crippen LogP contribution < -0.4 is 20.1 Å². The van der Waals surface area contributed by atoms with Crippen LogP contribution in [0, 0.1) is 0 Å². The largest absolute Gasteiger partial charge is 0.495 e. The van der Waals surface area contributed by atoms with Gasteiger partial charge in [-0.3, -0.25) is 4.79 Å². The molecule has 8 heteroatoms.